The number of hydrogen-bond acceptors (Lipinski definition) is 5. The third-order valence-electron chi connectivity index (χ3n) is 0.553. The number of rotatable bonds is 3. The fourth-order valence-electron chi connectivity index (χ4n) is 0.214. The van der Waals surface area contributed by atoms with E-state index >= 15 is 0 Å². The molecule has 0 spiro atoms. The minimum absolute atomic E-state index is 0. The topological polar surface area (TPSA) is 138 Å². The standard InChI is InChI=1S/C4H6O4.CH2O3.Na/c5-3(6)1-2-4(7)8;2-1(3)4;/h1-2H2,(H,5,6)(H,7,8);(H2,2,3,4);/q;;+1/p-1. The third-order valence-corrected chi connectivity index (χ3v) is 0.553. The predicted molar refractivity (Wildman–Crippen MR) is 31.0 cm³/mol. The van der Waals surface area contributed by atoms with Crippen molar-refractivity contribution >= 4 is 18.1 Å². The zero-order valence-corrected chi connectivity index (χ0v) is 8.85. The van der Waals surface area contributed by atoms with Gasteiger partial charge in [0.05, 0.1) is 12.8 Å². The van der Waals surface area contributed by atoms with E-state index < -0.39 is 18.1 Å². The van der Waals surface area contributed by atoms with Crippen molar-refractivity contribution in [2.24, 2.45) is 0 Å². The average Bonchev–Trinajstić information content (AvgIpc) is 1.82. The van der Waals surface area contributed by atoms with Gasteiger partial charge < -0.3 is 25.2 Å². The van der Waals surface area contributed by atoms with E-state index in [1.54, 1.807) is 0 Å². The van der Waals surface area contributed by atoms with Gasteiger partial charge in [0, 0.05) is 0 Å². The molecule has 0 bridgehead atoms. The summed E-state index contributed by atoms with van der Waals surface area (Å²) in [5.41, 5.74) is 0. The second kappa shape index (κ2) is 11.2. The maximum absolute atomic E-state index is 9.64. The Morgan fingerprint density at radius 1 is 1.00 bits per heavy atom. The Bertz CT molecular complexity index is 165. The normalized spacial score (nSPS) is 7.08. The van der Waals surface area contributed by atoms with Gasteiger partial charge in [-0.15, -0.1) is 0 Å². The summed E-state index contributed by atoms with van der Waals surface area (Å²) in [4.78, 5) is 27.6. The van der Waals surface area contributed by atoms with Crippen molar-refractivity contribution in [3.05, 3.63) is 0 Å². The molecule has 0 aliphatic rings. The van der Waals surface area contributed by atoms with Crippen LogP contribution >= 0.6 is 0 Å². The van der Waals surface area contributed by atoms with Crippen LogP contribution in [0.15, 0.2) is 0 Å². The Morgan fingerprint density at radius 3 is 1.23 bits per heavy atom. The number of hydrogen-bond donors (Lipinski definition) is 2. The van der Waals surface area contributed by atoms with E-state index in [0.717, 1.165) is 0 Å². The molecule has 0 atom stereocenters. The summed E-state index contributed by atoms with van der Waals surface area (Å²) >= 11 is 0. The van der Waals surface area contributed by atoms with E-state index in [9.17, 15) is 9.59 Å². The average molecular weight is 202 g/mol. The molecule has 70 valence electrons. The molecule has 0 rings (SSSR count). The van der Waals surface area contributed by atoms with Crippen molar-refractivity contribution in [1.29, 1.82) is 0 Å². The molecule has 0 aromatic carbocycles. The minimum atomic E-state index is -2.33. The molecular formula is C5H7NaO7. The van der Waals surface area contributed by atoms with Crippen LogP contribution in [0.1, 0.15) is 14.3 Å². The molecule has 0 aliphatic heterocycles. The van der Waals surface area contributed by atoms with Crippen LogP contribution in [0, 0.1) is 0 Å². The van der Waals surface area contributed by atoms with Crippen LogP contribution in [0.2, 0.25) is 0 Å². The van der Waals surface area contributed by atoms with E-state index in [4.69, 9.17) is 25.2 Å². The van der Waals surface area contributed by atoms with Crippen LogP contribution in [0.4, 0.5) is 4.79 Å². The van der Waals surface area contributed by atoms with Gasteiger partial charge in [-0.1, -0.05) is 0 Å². The van der Waals surface area contributed by atoms with E-state index in [0.29, 0.717) is 0 Å². The molecule has 7 nitrogen and oxygen atoms in total. The van der Waals surface area contributed by atoms with Gasteiger partial charge in [-0.2, -0.15) is 0 Å². The number of carbonyl (C=O) groups excluding carboxylic acids is 1. The summed E-state index contributed by atoms with van der Waals surface area (Å²) in [7, 11) is 0. The summed E-state index contributed by atoms with van der Waals surface area (Å²) in [5.74, 6) is -2.15. The first-order chi connectivity index (χ1) is 5.36. The van der Waals surface area contributed by atoms with Gasteiger partial charge in [-0.05, 0) is 6.16 Å². The molecule has 0 aliphatic carbocycles. The van der Waals surface area contributed by atoms with Crippen molar-refractivity contribution in [3.8, 4) is 0 Å². The summed E-state index contributed by atoms with van der Waals surface area (Å²) in [6, 6.07) is 0. The number of carboxylic acids is 2. The first kappa shape index (κ1) is 18.1. The summed E-state index contributed by atoms with van der Waals surface area (Å²) in [6.07, 6.45) is -2.93. The smallest absolute Gasteiger partial charge is 0.652 e. The van der Waals surface area contributed by atoms with Gasteiger partial charge in [-0.3, -0.25) is 9.59 Å². The van der Waals surface area contributed by atoms with E-state index in [1.165, 1.54) is 0 Å². The molecule has 0 saturated heterocycles. The number of carboxylic acid groups (broad SMARTS) is 4. The SMILES string of the molecule is O=C(O)CCC(=O)O.O=C([O-])[O-].[H+].[Na+]. The first-order valence-electron chi connectivity index (χ1n) is 2.67. The molecule has 0 radical (unpaired) electrons. The van der Waals surface area contributed by atoms with Crippen LogP contribution < -0.4 is 39.8 Å². The van der Waals surface area contributed by atoms with Crippen LogP contribution in [-0.4, -0.2) is 28.3 Å². The van der Waals surface area contributed by atoms with E-state index in [-0.39, 0.29) is 43.8 Å². The number of aliphatic carboxylic acids is 2. The first-order valence-corrected chi connectivity index (χ1v) is 2.67. The van der Waals surface area contributed by atoms with Crippen molar-refractivity contribution < 1.29 is 65.8 Å². The fourth-order valence-corrected chi connectivity index (χ4v) is 0.214. The minimum Gasteiger partial charge on any atom is -0.652 e. The summed E-state index contributed by atoms with van der Waals surface area (Å²) in [5, 5.41) is 32.5. The predicted octanol–water partition coefficient (Wildman–Crippen LogP) is -5.39. The maximum atomic E-state index is 9.64. The molecule has 0 amide bonds. The molecule has 0 fully saturated rings. The molecule has 13 heavy (non-hydrogen) atoms. The van der Waals surface area contributed by atoms with Crippen LogP contribution in [0.3, 0.4) is 0 Å². The number of carbonyl (C=O) groups is 3. The quantitative estimate of drug-likeness (QED) is 0.435. The Morgan fingerprint density at radius 2 is 1.15 bits per heavy atom. The summed E-state index contributed by atoms with van der Waals surface area (Å²) in [6.45, 7) is 0. The zero-order valence-electron chi connectivity index (χ0n) is 7.85. The Labute approximate surface area is 96.8 Å². The summed E-state index contributed by atoms with van der Waals surface area (Å²) < 4.78 is 0. The van der Waals surface area contributed by atoms with Crippen LogP contribution in [0.5, 0.6) is 0 Å². The van der Waals surface area contributed by atoms with Crippen LogP contribution in [-0.2, 0) is 9.59 Å². The van der Waals surface area contributed by atoms with Gasteiger partial charge >= 0.3 is 42.9 Å². The van der Waals surface area contributed by atoms with Gasteiger partial charge in [-0.25, -0.2) is 0 Å². The molecule has 0 aromatic rings. The second-order valence-corrected chi connectivity index (χ2v) is 1.54. The van der Waals surface area contributed by atoms with Gasteiger partial charge in [0.1, 0.15) is 0 Å². The molecule has 0 heterocycles. The van der Waals surface area contributed by atoms with Gasteiger partial charge in [0.25, 0.3) is 0 Å². The molecule has 0 aromatic heterocycles. The molecule has 0 unspecified atom stereocenters. The Hall–Kier alpha value is -0.790. The van der Waals surface area contributed by atoms with Gasteiger partial charge in [0.15, 0.2) is 0 Å². The Balaban J connectivity index is -0.0000000733. The molecular weight excluding hydrogens is 195 g/mol. The van der Waals surface area contributed by atoms with Gasteiger partial charge in [0.2, 0.25) is 0 Å². The largest absolute Gasteiger partial charge is 1.00 e. The second-order valence-electron chi connectivity index (χ2n) is 1.54. The monoisotopic (exact) mass is 202 g/mol. The zero-order chi connectivity index (χ0) is 10.1. The van der Waals surface area contributed by atoms with Crippen molar-refractivity contribution in [2.75, 3.05) is 0 Å². The van der Waals surface area contributed by atoms with Crippen molar-refractivity contribution in [1.82, 2.24) is 0 Å². The third kappa shape index (κ3) is 53.6. The van der Waals surface area contributed by atoms with Crippen molar-refractivity contribution in [3.63, 3.8) is 0 Å². The maximum Gasteiger partial charge on any atom is 1.00 e. The molecule has 0 saturated carbocycles. The molecule has 2 N–H and O–H groups in total. The Kier molecular flexibility index (Phi) is 15.6. The molecule has 8 heteroatoms. The van der Waals surface area contributed by atoms with Crippen molar-refractivity contribution in [2.45, 2.75) is 12.8 Å². The van der Waals surface area contributed by atoms with E-state index in [2.05, 4.69) is 0 Å². The van der Waals surface area contributed by atoms with E-state index in [1.807, 2.05) is 0 Å². The fraction of sp³-hybridized carbons (Fsp3) is 0.400. The van der Waals surface area contributed by atoms with Crippen LogP contribution in [0.25, 0.3) is 0 Å².